The Hall–Kier alpha value is -1.44. The molecule has 2 aromatic carbocycles. The van der Waals surface area contributed by atoms with Gasteiger partial charge in [0.25, 0.3) is 0 Å². The standard InChI is InChI=1S/C14H10O4.Ca.O2/c15-13(11-7-3-1-4-8-11)17-18-14(16)12-9-5-2-6-10-12;;1-2/h1-10H;;/q;+2;-2. The summed E-state index contributed by atoms with van der Waals surface area (Å²) in [6, 6.07) is 16.6. The second-order valence-corrected chi connectivity index (χ2v) is 3.47. The minimum atomic E-state index is -0.708. The number of hydrogen-bond acceptors (Lipinski definition) is 6. The minimum Gasteiger partial charge on any atom is -1.00 e. The molecule has 0 aliphatic heterocycles. The molecule has 0 bridgehead atoms. The van der Waals surface area contributed by atoms with E-state index >= 15 is 0 Å². The van der Waals surface area contributed by atoms with E-state index in [4.69, 9.17) is 10.5 Å². The van der Waals surface area contributed by atoms with Crippen molar-refractivity contribution in [1.82, 2.24) is 0 Å². The monoisotopic (exact) mass is 314 g/mol. The zero-order chi connectivity index (χ0) is 14.8. The number of carbonyl (C=O) groups excluding carboxylic acids is 2. The van der Waals surface area contributed by atoms with Crippen LogP contribution >= 0.6 is 0 Å². The molecule has 0 aliphatic carbocycles. The SMILES string of the molecule is O=C(OOC(=O)c1ccccc1)c1ccccc1.[Ca+2].[O-][O-]. The summed E-state index contributed by atoms with van der Waals surface area (Å²) in [5, 5.41) is 14.0. The Labute approximate surface area is 150 Å². The molecule has 0 atom stereocenters. The van der Waals surface area contributed by atoms with Gasteiger partial charge in [-0.25, -0.2) is 19.4 Å². The average Bonchev–Trinajstić information content (AvgIpc) is 2.55. The molecular formula is C14H10CaO6. The van der Waals surface area contributed by atoms with E-state index < -0.39 is 11.9 Å². The number of rotatable bonds is 2. The summed E-state index contributed by atoms with van der Waals surface area (Å²) in [5.41, 5.74) is 0.636. The molecule has 104 valence electrons. The van der Waals surface area contributed by atoms with Gasteiger partial charge in [-0.1, -0.05) is 36.4 Å². The van der Waals surface area contributed by atoms with Crippen LogP contribution in [0.25, 0.3) is 0 Å². The van der Waals surface area contributed by atoms with Crippen LogP contribution in [0.4, 0.5) is 0 Å². The second-order valence-electron chi connectivity index (χ2n) is 3.47. The van der Waals surface area contributed by atoms with Crippen LogP contribution in [0.5, 0.6) is 0 Å². The van der Waals surface area contributed by atoms with Gasteiger partial charge < -0.3 is 10.5 Å². The molecule has 0 unspecified atom stereocenters. The van der Waals surface area contributed by atoms with E-state index in [0.29, 0.717) is 11.1 Å². The molecule has 0 saturated carbocycles. The number of hydrogen-bond donors (Lipinski definition) is 0. The van der Waals surface area contributed by atoms with Crippen LogP contribution in [0.3, 0.4) is 0 Å². The Bertz CT molecular complexity index is 492. The van der Waals surface area contributed by atoms with Crippen molar-refractivity contribution in [3.05, 3.63) is 71.8 Å². The predicted octanol–water partition coefficient (Wildman–Crippen LogP) is -0.143. The molecule has 7 heteroatoms. The predicted molar refractivity (Wildman–Crippen MR) is 69.5 cm³/mol. The molecule has 0 aliphatic rings. The molecule has 0 radical (unpaired) electrons. The summed E-state index contributed by atoms with van der Waals surface area (Å²) < 4.78 is 0. The molecule has 2 aromatic rings. The molecule has 0 heterocycles. The third-order valence-corrected chi connectivity index (χ3v) is 2.21. The fourth-order valence-corrected chi connectivity index (χ4v) is 1.32. The number of carbonyl (C=O) groups is 2. The van der Waals surface area contributed by atoms with Crippen molar-refractivity contribution in [3.63, 3.8) is 0 Å². The Kier molecular flexibility index (Phi) is 10.5. The van der Waals surface area contributed by atoms with Crippen molar-refractivity contribution < 1.29 is 29.9 Å². The quantitative estimate of drug-likeness (QED) is 0.434. The summed E-state index contributed by atoms with van der Waals surface area (Å²) in [6.45, 7) is 0. The van der Waals surface area contributed by atoms with Gasteiger partial charge >= 0.3 is 49.7 Å². The molecule has 21 heavy (non-hydrogen) atoms. The fraction of sp³-hybridized carbons (Fsp3) is 0. The Morgan fingerprint density at radius 3 is 1.24 bits per heavy atom. The second kappa shape index (κ2) is 11.2. The van der Waals surface area contributed by atoms with Crippen molar-refractivity contribution in [2.75, 3.05) is 0 Å². The largest absolute Gasteiger partial charge is 2.00 e. The van der Waals surface area contributed by atoms with Gasteiger partial charge in [-0.05, 0) is 24.3 Å². The van der Waals surface area contributed by atoms with Gasteiger partial charge in [0, 0.05) is 0 Å². The van der Waals surface area contributed by atoms with Gasteiger partial charge in [0.15, 0.2) is 0 Å². The smallest absolute Gasteiger partial charge is 1.00 e. The summed E-state index contributed by atoms with van der Waals surface area (Å²) in [4.78, 5) is 31.9. The van der Waals surface area contributed by atoms with Crippen molar-refractivity contribution in [2.24, 2.45) is 0 Å². The summed E-state index contributed by atoms with van der Waals surface area (Å²) in [5.74, 6) is -1.42. The number of benzene rings is 2. The van der Waals surface area contributed by atoms with Crippen LogP contribution in [0.1, 0.15) is 20.7 Å². The van der Waals surface area contributed by atoms with Crippen LogP contribution in [0.15, 0.2) is 60.7 Å². The summed E-state index contributed by atoms with van der Waals surface area (Å²) in [7, 11) is 0. The average molecular weight is 314 g/mol. The third kappa shape index (κ3) is 6.70. The first kappa shape index (κ1) is 19.6. The minimum absolute atomic E-state index is 0. The Morgan fingerprint density at radius 2 is 0.952 bits per heavy atom. The zero-order valence-corrected chi connectivity index (χ0v) is 13.1. The third-order valence-electron chi connectivity index (χ3n) is 2.21. The van der Waals surface area contributed by atoms with Crippen LogP contribution in [-0.2, 0) is 9.78 Å². The van der Waals surface area contributed by atoms with Crippen molar-refractivity contribution in [1.29, 1.82) is 0 Å². The van der Waals surface area contributed by atoms with Gasteiger partial charge in [0.2, 0.25) is 0 Å². The van der Waals surface area contributed by atoms with Gasteiger partial charge in [-0.2, -0.15) is 0 Å². The first-order valence-electron chi connectivity index (χ1n) is 5.47. The maximum absolute atomic E-state index is 11.5. The van der Waals surface area contributed by atoms with Gasteiger partial charge in [0.1, 0.15) is 0 Å². The van der Waals surface area contributed by atoms with Gasteiger partial charge in [0.05, 0.1) is 11.1 Å². The summed E-state index contributed by atoms with van der Waals surface area (Å²) in [6.07, 6.45) is 0. The maximum Gasteiger partial charge on any atom is 2.00 e. The normalized spacial score (nSPS) is 8.48. The topological polar surface area (TPSA) is 98.7 Å². The van der Waals surface area contributed by atoms with Crippen LogP contribution in [0.2, 0.25) is 0 Å². The molecule has 0 amide bonds. The van der Waals surface area contributed by atoms with Crippen LogP contribution < -0.4 is 10.5 Å². The van der Waals surface area contributed by atoms with E-state index in [1.165, 1.54) is 0 Å². The molecule has 0 N–H and O–H groups in total. The summed E-state index contributed by atoms with van der Waals surface area (Å²) >= 11 is 0. The van der Waals surface area contributed by atoms with E-state index in [1.54, 1.807) is 60.7 Å². The van der Waals surface area contributed by atoms with E-state index in [-0.39, 0.29) is 37.7 Å². The zero-order valence-electron chi connectivity index (χ0n) is 10.9. The van der Waals surface area contributed by atoms with Crippen LogP contribution in [0, 0.1) is 0 Å². The van der Waals surface area contributed by atoms with E-state index in [0.717, 1.165) is 0 Å². The van der Waals surface area contributed by atoms with Crippen molar-refractivity contribution in [3.8, 4) is 0 Å². The van der Waals surface area contributed by atoms with Crippen LogP contribution in [-0.4, -0.2) is 49.7 Å². The van der Waals surface area contributed by atoms with E-state index in [9.17, 15) is 9.59 Å². The molecule has 0 saturated heterocycles. The first-order valence-corrected chi connectivity index (χ1v) is 5.47. The van der Waals surface area contributed by atoms with E-state index in [2.05, 4.69) is 9.78 Å². The van der Waals surface area contributed by atoms with Gasteiger partial charge in [-0.15, -0.1) is 0 Å². The van der Waals surface area contributed by atoms with Gasteiger partial charge in [-0.3, -0.25) is 0 Å². The first-order chi connectivity index (χ1) is 9.77. The Morgan fingerprint density at radius 1 is 0.667 bits per heavy atom. The fourth-order valence-electron chi connectivity index (χ4n) is 1.32. The molecule has 0 spiro atoms. The maximum atomic E-state index is 11.5. The van der Waals surface area contributed by atoms with Crippen molar-refractivity contribution >= 4 is 49.7 Å². The Balaban J connectivity index is 0.00000128. The molecule has 6 nitrogen and oxygen atoms in total. The molecule has 0 aromatic heterocycles. The van der Waals surface area contributed by atoms with E-state index in [1.807, 2.05) is 0 Å². The molecule has 0 fully saturated rings. The molecular weight excluding hydrogens is 304 g/mol. The molecule has 2 rings (SSSR count). The van der Waals surface area contributed by atoms with Crippen molar-refractivity contribution in [2.45, 2.75) is 0 Å².